The molecule has 0 heterocycles. The Hall–Kier alpha value is -0.820. The first kappa shape index (κ1) is 22.2. The number of guanidine groups is 1. The van der Waals surface area contributed by atoms with E-state index in [0.717, 1.165) is 25.6 Å². The molecule has 4 nitrogen and oxygen atoms in total. The summed E-state index contributed by atoms with van der Waals surface area (Å²) in [5.74, 6) is 0.887. The normalized spacial score (nSPS) is 12.0. The van der Waals surface area contributed by atoms with Gasteiger partial charge in [-0.25, -0.2) is 4.99 Å². The summed E-state index contributed by atoms with van der Waals surface area (Å²) in [6.45, 7) is 12.3. The van der Waals surface area contributed by atoms with E-state index in [0.29, 0.717) is 6.54 Å². The van der Waals surface area contributed by atoms with Crippen LogP contribution in [0.4, 0.5) is 0 Å². The van der Waals surface area contributed by atoms with Crippen LogP contribution in [0.1, 0.15) is 31.9 Å². The van der Waals surface area contributed by atoms with Gasteiger partial charge in [0.1, 0.15) is 0 Å². The van der Waals surface area contributed by atoms with Gasteiger partial charge in [-0.05, 0) is 44.5 Å². The van der Waals surface area contributed by atoms with Crippen LogP contribution in [0.25, 0.3) is 0 Å². The number of benzene rings is 1. The van der Waals surface area contributed by atoms with Crippen LogP contribution in [-0.4, -0.2) is 44.6 Å². The zero-order valence-corrected chi connectivity index (χ0v) is 17.8. The Morgan fingerprint density at radius 2 is 1.83 bits per heavy atom. The van der Waals surface area contributed by atoms with Crippen LogP contribution in [0.15, 0.2) is 29.3 Å². The Labute approximate surface area is 159 Å². The van der Waals surface area contributed by atoms with Crippen molar-refractivity contribution in [2.75, 3.05) is 33.7 Å². The molecule has 0 spiro atoms. The number of nitrogens with one attached hydrogen (secondary N) is 2. The van der Waals surface area contributed by atoms with Crippen molar-refractivity contribution >= 4 is 29.9 Å². The van der Waals surface area contributed by atoms with Crippen molar-refractivity contribution in [2.24, 2.45) is 10.4 Å². The fraction of sp³-hybridized carbons (Fsp3) is 0.611. The van der Waals surface area contributed by atoms with E-state index in [4.69, 9.17) is 4.99 Å². The van der Waals surface area contributed by atoms with Crippen LogP contribution in [0.5, 0.6) is 0 Å². The van der Waals surface area contributed by atoms with E-state index in [1.165, 1.54) is 11.1 Å². The van der Waals surface area contributed by atoms with Gasteiger partial charge in [-0.15, -0.1) is 24.0 Å². The zero-order chi connectivity index (χ0) is 16.6. The highest BCUT2D eigenvalue weighted by Crippen LogP contribution is 2.14. The number of hydrogen-bond acceptors (Lipinski definition) is 2. The maximum Gasteiger partial charge on any atom is 0.191 e. The van der Waals surface area contributed by atoms with Gasteiger partial charge in [0.05, 0.1) is 6.54 Å². The number of halogens is 1. The maximum atomic E-state index is 4.71. The fourth-order valence-electron chi connectivity index (χ4n) is 2.53. The van der Waals surface area contributed by atoms with E-state index in [1.807, 2.05) is 0 Å². The van der Waals surface area contributed by atoms with Gasteiger partial charge >= 0.3 is 0 Å². The average molecular weight is 432 g/mol. The lowest BCUT2D eigenvalue weighted by molar-refractivity contribution is 0.241. The smallest absolute Gasteiger partial charge is 0.191 e. The lowest BCUT2D eigenvalue weighted by Crippen LogP contribution is -2.44. The van der Waals surface area contributed by atoms with Crippen molar-refractivity contribution in [3.63, 3.8) is 0 Å². The molecule has 0 aliphatic rings. The third-order valence-electron chi connectivity index (χ3n) is 3.49. The third-order valence-corrected chi connectivity index (χ3v) is 3.49. The fourth-order valence-corrected chi connectivity index (χ4v) is 2.53. The highest BCUT2D eigenvalue weighted by molar-refractivity contribution is 14.0. The number of hydrogen-bond donors (Lipinski definition) is 2. The lowest BCUT2D eigenvalue weighted by Gasteiger charge is -2.29. The molecule has 132 valence electrons. The molecule has 0 radical (unpaired) electrons. The number of aryl methyl sites for hydroxylation is 1. The van der Waals surface area contributed by atoms with Crippen LogP contribution < -0.4 is 10.6 Å². The van der Waals surface area contributed by atoms with Gasteiger partial charge in [0, 0.05) is 19.6 Å². The van der Waals surface area contributed by atoms with Crippen LogP contribution >= 0.6 is 24.0 Å². The molecule has 0 aromatic heterocycles. The molecule has 23 heavy (non-hydrogen) atoms. The Morgan fingerprint density at radius 3 is 2.39 bits per heavy atom. The van der Waals surface area contributed by atoms with Gasteiger partial charge in [-0.3, -0.25) is 0 Å². The SMILES string of the molecule is CCNC(=NCc1ccccc1C)NCC(C)(C)CN(C)C.I. The standard InChI is InChI=1S/C18H32N4.HI/c1-7-19-17(21-13-18(3,4)14-22(5)6)20-12-16-11-9-8-10-15(16)2;/h8-11H,7,12-14H2,1-6H3,(H2,19,20,21);1H. The molecular weight excluding hydrogens is 399 g/mol. The summed E-state index contributed by atoms with van der Waals surface area (Å²) in [5.41, 5.74) is 2.75. The molecule has 0 atom stereocenters. The van der Waals surface area contributed by atoms with Crippen LogP contribution in [0, 0.1) is 12.3 Å². The molecule has 0 saturated carbocycles. The summed E-state index contributed by atoms with van der Waals surface area (Å²) in [6.07, 6.45) is 0. The van der Waals surface area contributed by atoms with Gasteiger partial charge in [0.2, 0.25) is 0 Å². The number of rotatable bonds is 7. The molecule has 1 aromatic rings. The molecular formula is C18H33IN4. The first-order valence-electron chi connectivity index (χ1n) is 8.05. The van der Waals surface area contributed by atoms with Crippen LogP contribution in [0.2, 0.25) is 0 Å². The van der Waals surface area contributed by atoms with Crippen molar-refractivity contribution in [2.45, 2.75) is 34.2 Å². The minimum Gasteiger partial charge on any atom is -0.357 e. The molecule has 1 rings (SSSR count). The third kappa shape index (κ3) is 9.15. The first-order valence-corrected chi connectivity index (χ1v) is 8.05. The molecule has 2 N–H and O–H groups in total. The molecule has 0 fully saturated rings. The van der Waals surface area contributed by atoms with Gasteiger partial charge in [-0.2, -0.15) is 0 Å². The van der Waals surface area contributed by atoms with Gasteiger partial charge in [0.15, 0.2) is 5.96 Å². The molecule has 0 bridgehead atoms. The Balaban J connectivity index is 0.00000484. The van der Waals surface area contributed by atoms with Crippen molar-refractivity contribution in [1.29, 1.82) is 0 Å². The summed E-state index contributed by atoms with van der Waals surface area (Å²) in [4.78, 5) is 6.93. The Kier molecular flexibility index (Phi) is 10.5. The molecule has 5 heteroatoms. The minimum atomic E-state index is 0. The summed E-state index contributed by atoms with van der Waals surface area (Å²) in [5, 5.41) is 6.79. The Bertz CT molecular complexity index is 484. The second-order valence-corrected chi connectivity index (χ2v) is 6.88. The topological polar surface area (TPSA) is 39.7 Å². The zero-order valence-electron chi connectivity index (χ0n) is 15.4. The quantitative estimate of drug-likeness (QED) is 0.395. The van der Waals surface area contributed by atoms with E-state index in [9.17, 15) is 0 Å². The maximum absolute atomic E-state index is 4.71. The molecule has 0 saturated heterocycles. The van der Waals surface area contributed by atoms with Crippen molar-refractivity contribution < 1.29 is 0 Å². The minimum absolute atomic E-state index is 0. The monoisotopic (exact) mass is 432 g/mol. The lowest BCUT2D eigenvalue weighted by atomic mass is 9.93. The average Bonchev–Trinajstić information content (AvgIpc) is 2.42. The second-order valence-electron chi connectivity index (χ2n) is 6.88. The number of nitrogens with zero attached hydrogens (tertiary/aromatic N) is 2. The molecule has 0 aliphatic heterocycles. The molecule has 0 amide bonds. The van der Waals surface area contributed by atoms with Crippen molar-refractivity contribution in [3.05, 3.63) is 35.4 Å². The van der Waals surface area contributed by atoms with Crippen LogP contribution in [0.3, 0.4) is 0 Å². The predicted octanol–water partition coefficient (Wildman–Crippen LogP) is 3.26. The summed E-state index contributed by atoms with van der Waals surface area (Å²) in [6, 6.07) is 8.40. The molecule has 0 aliphatic carbocycles. The van der Waals surface area contributed by atoms with E-state index in [1.54, 1.807) is 0 Å². The Morgan fingerprint density at radius 1 is 1.17 bits per heavy atom. The van der Waals surface area contributed by atoms with Crippen molar-refractivity contribution in [1.82, 2.24) is 15.5 Å². The van der Waals surface area contributed by atoms with Gasteiger partial charge in [0.25, 0.3) is 0 Å². The first-order chi connectivity index (χ1) is 10.3. The van der Waals surface area contributed by atoms with Crippen molar-refractivity contribution in [3.8, 4) is 0 Å². The van der Waals surface area contributed by atoms with E-state index < -0.39 is 0 Å². The largest absolute Gasteiger partial charge is 0.357 e. The van der Waals surface area contributed by atoms with Gasteiger partial charge < -0.3 is 15.5 Å². The summed E-state index contributed by atoms with van der Waals surface area (Å²) >= 11 is 0. The van der Waals surface area contributed by atoms with E-state index >= 15 is 0 Å². The number of aliphatic imine (C=N–C) groups is 1. The summed E-state index contributed by atoms with van der Waals surface area (Å²) in [7, 11) is 4.22. The van der Waals surface area contributed by atoms with E-state index in [2.05, 4.69) is 81.6 Å². The second kappa shape index (κ2) is 10.9. The van der Waals surface area contributed by atoms with Gasteiger partial charge in [-0.1, -0.05) is 38.1 Å². The molecule has 0 unspecified atom stereocenters. The van der Waals surface area contributed by atoms with Crippen LogP contribution in [-0.2, 0) is 6.54 Å². The highest BCUT2D eigenvalue weighted by atomic mass is 127. The molecule has 1 aromatic carbocycles. The predicted molar refractivity (Wildman–Crippen MR) is 112 cm³/mol. The highest BCUT2D eigenvalue weighted by Gasteiger charge is 2.19. The summed E-state index contributed by atoms with van der Waals surface area (Å²) < 4.78 is 0. The van der Waals surface area contributed by atoms with E-state index in [-0.39, 0.29) is 29.4 Å².